The molecule has 2 aromatic heterocycles. The van der Waals surface area contributed by atoms with Gasteiger partial charge >= 0.3 is 11.9 Å². The molecule has 10 heteroatoms. The standard InChI is InChI=1S/C11H8BrF3N4O2/c1-5-10(12)6(2)18(17-5)7-3-9(11(13,14)15)16-4-8(7)19(20)21/h3-4H,1-2H3. The zero-order valence-electron chi connectivity index (χ0n) is 10.8. The molecule has 2 aromatic rings. The Balaban J connectivity index is 2.75. The highest BCUT2D eigenvalue weighted by Crippen LogP contribution is 2.33. The number of hydrogen-bond donors (Lipinski definition) is 0. The predicted octanol–water partition coefficient (Wildman–Crippen LogP) is 3.57. The van der Waals surface area contributed by atoms with E-state index in [1.54, 1.807) is 13.8 Å². The van der Waals surface area contributed by atoms with E-state index < -0.39 is 22.5 Å². The van der Waals surface area contributed by atoms with Crippen LogP contribution in [0.25, 0.3) is 5.69 Å². The summed E-state index contributed by atoms with van der Waals surface area (Å²) in [4.78, 5) is 13.3. The second-order valence-electron chi connectivity index (χ2n) is 4.21. The van der Waals surface area contributed by atoms with Crippen molar-refractivity contribution in [2.45, 2.75) is 20.0 Å². The van der Waals surface area contributed by atoms with Crippen molar-refractivity contribution < 1.29 is 18.1 Å². The van der Waals surface area contributed by atoms with Gasteiger partial charge in [0, 0.05) is 6.07 Å². The summed E-state index contributed by atoms with van der Waals surface area (Å²) in [5.41, 5.74) is -1.09. The van der Waals surface area contributed by atoms with Gasteiger partial charge in [-0.1, -0.05) is 0 Å². The molecule has 0 aliphatic rings. The fourth-order valence-corrected chi connectivity index (χ4v) is 2.01. The van der Waals surface area contributed by atoms with Crippen LogP contribution in [0.5, 0.6) is 0 Å². The maximum Gasteiger partial charge on any atom is 0.433 e. The van der Waals surface area contributed by atoms with Crippen LogP contribution in [0.2, 0.25) is 0 Å². The van der Waals surface area contributed by atoms with E-state index in [0.717, 1.165) is 4.68 Å². The molecular formula is C11H8BrF3N4O2. The molecule has 112 valence electrons. The SMILES string of the molecule is Cc1nn(-c2cc(C(F)(F)F)ncc2[N+](=O)[O-])c(C)c1Br. The molecule has 0 bridgehead atoms. The Hall–Kier alpha value is -1.97. The van der Waals surface area contributed by atoms with Crippen molar-refractivity contribution in [3.63, 3.8) is 0 Å². The van der Waals surface area contributed by atoms with Crippen LogP contribution < -0.4 is 0 Å². The summed E-state index contributed by atoms with van der Waals surface area (Å²) < 4.78 is 39.9. The maximum absolute atomic E-state index is 12.7. The Morgan fingerprint density at radius 3 is 2.43 bits per heavy atom. The molecule has 2 rings (SSSR count). The summed E-state index contributed by atoms with van der Waals surface area (Å²) in [7, 11) is 0. The molecule has 0 saturated carbocycles. The van der Waals surface area contributed by atoms with Gasteiger partial charge < -0.3 is 0 Å². The van der Waals surface area contributed by atoms with Crippen molar-refractivity contribution >= 4 is 21.6 Å². The van der Waals surface area contributed by atoms with Gasteiger partial charge in [-0.3, -0.25) is 10.1 Å². The maximum atomic E-state index is 12.7. The molecule has 0 radical (unpaired) electrons. The molecule has 0 N–H and O–H groups in total. The molecule has 0 unspecified atom stereocenters. The fourth-order valence-electron chi connectivity index (χ4n) is 1.76. The number of rotatable bonds is 2. The zero-order chi connectivity index (χ0) is 15.9. The van der Waals surface area contributed by atoms with E-state index in [4.69, 9.17) is 0 Å². The quantitative estimate of drug-likeness (QED) is 0.603. The van der Waals surface area contributed by atoms with Gasteiger partial charge in [0.2, 0.25) is 0 Å². The predicted molar refractivity (Wildman–Crippen MR) is 70.2 cm³/mol. The first-order valence-electron chi connectivity index (χ1n) is 5.56. The van der Waals surface area contributed by atoms with Gasteiger partial charge in [-0.15, -0.1) is 0 Å². The topological polar surface area (TPSA) is 73.8 Å². The summed E-state index contributed by atoms with van der Waals surface area (Å²) >= 11 is 3.23. The minimum absolute atomic E-state index is 0.284. The van der Waals surface area contributed by atoms with E-state index in [-0.39, 0.29) is 5.69 Å². The second kappa shape index (κ2) is 5.10. The molecule has 6 nitrogen and oxygen atoms in total. The minimum atomic E-state index is -4.70. The highest BCUT2D eigenvalue weighted by atomic mass is 79.9. The van der Waals surface area contributed by atoms with Crippen LogP contribution in [-0.2, 0) is 6.18 Å². The summed E-state index contributed by atoms with van der Waals surface area (Å²) in [6.07, 6.45) is -4.11. The second-order valence-corrected chi connectivity index (χ2v) is 5.00. The summed E-state index contributed by atoms with van der Waals surface area (Å²) in [6, 6.07) is 0.615. The average Bonchev–Trinajstić information content (AvgIpc) is 2.64. The van der Waals surface area contributed by atoms with Crippen LogP contribution in [0, 0.1) is 24.0 Å². The van der Waals surface area contributed by atoms with E-state index in [9.17, 15) is 23.3 Å². The molecule has 0 atom stereocenters. The first-order valence-corrected chi connectivity index (χ1v) is 6.36. The lowest BCUT2D eigenvalue weighted by molar-refractivity contribution is -0.385. The van der Waals surface area contributed by atoms with Gasteiger partial charge in [0.25, 0.3) is 0 Å². The van der Waals surface area contributed by atoms with Crippen molar-refractivity contribution in [1.82, 2.24) is 14.8 Å². The fraction of sp³-hybridized carbons (Fsp3) is 0.273. The van der Waals surface area contributed by atoms with Crippen LogP contribution in [0.1, 0.15) is 17.1 Å². The number of nitrogens with zero attached hydrogens (tertiary/aromatic N) is 4. The number of alkyl halides is 3. The van der Waals surface area contributed by atoms with Gasteiger partial charge in [0.15, 0.2) is 0 Å². The van der Waals surface area contributed by atoms with Crippen molar-refractivity contribution in [2.75, 3.05) is 0 Å². The van der Waals surface area contributed by atoms with E-state index in [2.05, 4.69) is 26.0 Å². The zero-order valence-corrected chi connectivity index (χ0v) is 12.4. The lowest BCUT2D eigenvalue weighted by atomic mass is 10.2. The van der Waals surface area contributed by atoms with Crippen molar-refractivity contribution in [1.29, 1.82) is 0 Å². The van der Waals surface area contributed by atoms with Crippen LogP contribution in [0.3, 0.4) is 0 Å². The van der Waals surface area contributed by atoms with E-state index in [1.165, 1.54) is 0 Å². The minimum Gasteiger partial charge on any atom is -0.258 e. The smallest absolute Gasteiger partial charge is 0.258 e. The van der Waals surface area contributed by atoms with Crippen LogP contribution in [-0.4, -0.2) is 19.7 Å². The summed E-state index contributed by atoms with van der Waals surface area (Å²) in [5.74, 6) is 0. The average molecular weight is 365 g/mol. The Bertz CT molecular complexity index is 727. The number of aromatic nitrogens is 3. The van der Waals surface area contributed by atoms with Crippen LogP contribution in [0.4, 0.5) is 18.9 Å². The van der Waals surface area contributed by atoms with Gasteiger partial charge in [-0.05, 0) is 29.8 Å². The number of pyridine rings is 1. The van der Waals surface area contributed by atoms with Gasteiger partial charge in [-0.25, -0.2) is 9.67 Å². The van der Waals surface area contributed by atoms with Crippen LogP contribution >= 0.6 is 15.9 Å². The van der Waals surface area contributed by atoms with Crippen molar-refractivity contribution in [3.05, 3.63) is 43.9 Å². The lowest BCUT2D eigenvalue weighted by Crippen LogP contribution is -2.12. The Morgan fingerprint density at radius 1 is 1.38 bits per heavy atom. The number of halogens is 4. The molecule has 0 fully saturated rings. The normalized spacial score (nSPS) is 11.7. The molecule has 0 aliphatic heterocycles. The molecule has 0 spiro atoms. The highest BCUT2D eigenvalue weighted by molar-refractivity contribution is 9.10. The molecule has 0 aliphatic carbocycles. The van der Waals surface area contributed by atoms with E-state index in [0.29, 0.717) is 28.1 Å². The van der Waals surface area contributed by atoms with Crippen molar-refractivity contribution in [2.24, 2.45) is 0 Å². The first-order chi connectivity index (χ1) is 9.62. The third-order valence-corrected chi connectivity index (χ3v) is 3.93. The van der Waals surface area contributed by atoms with Crippen LogP contribution in [0.15, 0.2) is 16.7 Å². The third-order valence-electron chi connectivity index (χ3n) is 2.78. The molecule has 0 saturated heterocycles. The number of nitro groups is 1. The Labute approximate surface area is 124 Å². The lowest BCUT2D eigenvalue weighted by Gasteiger charge is -2.09. The summed E-state index contributed by atoms with van der Waals surface area (Å²) in [5, 5.41) is 15.0. The first kappa shape index (κ1) is 15.4. The highest BCUT2D eigenvalue weighted by Gasteiger charge is 2.35. The molecule has 21 heavy (non-hydrogen) atoms. The molecule has 0 aromatic carbocycles. The largest absolute Gasteiger partial charge is 0.433 e. The Kier molecular flexibility index (Phi) is 3.74. The molecular weight excluding hydrogens is 357 g/mol. The molecule has 2 heterocycles. The van der Waals surface area contributed by atoms with Gasteiger partial charge in [0.05, 0.1) is 20.8 Å². The number of aryl methyl sites for hydroxylation is 1. The van der Waals surface area contributed by atoms with Gasteiger partial charge in [-0.2, -0.15) is 18.3 Å². The summed E-state index contributed by atoms with van der Waals surface area (Å²) in [6.45, 7) is 3.22. The van der Waals surface area contributed by atoms with E-state index in [1.807, 2.05) is 0 Å². The third kappa shape index (κ3) is 2.75. The Morgan fingerprint density at radius 2 is 2.00 bits per heavy atom. The van der Waals surface area contributed by atoms with E-state index >= 15 is 0 Å². The monoisotopic (exact) mass is 364 g/mol. The van der Waals surface area contributed by atoms with Crippen molar-refractivity contribution in [3.8, 4) is 5.69 Å². The van der Waals surface area contributed by atoms with Gasteiger partial charge in [0.1, 0.15) is 17.6 Å². The molecule has 0 amide bonds. The number of hydrogen-bond acceptors (Lipinski definition) is 4.